The topological polar surface area (TPSA) is 48.5 Å². The van der Waals surface area contributed by atoms with Crippen LogP contribution >= 0.6 is 11.6 Å². The Labute approximate surface area is 177 Å². The lowest BCUT2D eigenvalue weighted by Gasteiger charge is -2.53. The van der Waals surface area contributed by atoms with Gasteiger partial charge in [0, 0.05) is 31.2 Å². The van der Waals surface area contributed by atoms with Crippen molar-refractivity contribution < 1.29 is 18.0 Å². The van der Waals surface area contributed by atoms with E-state index < -0.39 is 11.7 Å². The van der Waals surface area contributed by atoms with Gasteiger partial charge in [-0.1, -0.05) is 17.7 Å². The Morgan fingerprint density at radius 2 is 1.93 bits per heavy atom. The minimum Gasteiger partial charge on any atom is -0.323 e. The highest BCUT2D eigenvalue weighted by molar-refractivity contribution is 6.31. The molecule has 160 valence electrons. The van der Waals surface area contributed by atoms with Gasteiger partial charge in [0.1, 0.15) is 0 Å². The third-order valence-corrected chi connectivity index (χ3v) is 6.24. The number of benzene rings is 1. The van der Waals surface area contributed by atoms with Crippen LogP contribution in [0.15, 0.2) is 42.7 Å². The van der Waals surface area contributed by atoms with Crippen LogP contribution in [0.3, 0.4) is 0 Å². The second-order valence-corrected chi connectivity index (χ2v) is 8.52. The second-order valence-electron chi connectivity index (χ2n) is 8.12. The van der Waals surface area contributed by atoms with E-state index in [-0.39, 0.29) is 16.5 Å². The Morgan fingerprint density at radius 3 is 2.57 bits per heavy atom. The van der Waals surface area contributed by atoms with E-state index in [0.717, 1.165) is 32.0 Å². The summed E-state index contributed by atoms with van der Waals surface area (Å²) in [6.07, 6.45) is 0.639. The van der Waals surface area contributed by atoms with E-state index >= 15 is 0 Å². The van der Waals surface area contributed by atoms with E-state index in [1.54, 1.807) is 35.5 Å². The van der Waals surface area contributed by atoms with Crippen LogP contribution in [-0.4, -0.2) is 47.0 Å². The lowest BCUT2D eigenvalue weighted by atomic mass is 9.72. The van der Waals surface area contributed by atoms with Gasteiger partial charge in [-0.2, -0.15) is 13.2 Å². The number of halogens is 4. The van der Waals surface area contributed by atoms with Crippen molar-refractivity contribution in [1.82, 2.24) is 14.8 Å². The molecule has 30 heavy (non-hydrogen) atoms. The zero-order valence-corrected chi connectivity index (χ0v) is 17.0. The fourth-order valence-corrected chi connectivity index (χ4v) is 4.42. The Hall–Kier alpha value is -2.32. The van der Waals surface area contributed by atoms with Crippen molar-refractivity contribution in [2.24, 2.45) is 5.41 Å². The maximum Gasteiger partial charge on any atom is 0.417 e. The number of rotatable bonds is 3. The molecule has 0 unspecified atom stereocenters. The molecule has 2 amide bonds. The minimum atomic E-state index is -4.45. The molecular formula is C21H22ClF3N4O. The van der Waals surface area contributed by atoms with Crippen LogP contribution in [0.25, 0.3) is 0 Å². The monoisotopic (exact) mass is 438 g/mol. The van der Waals surface area contributed by atoms with Crippen molar-refractivity contribution in [1.29, 1.82) is 0 Å². The van der Waals surface area contributed by atoms with Crippen molar-refractivity contribution in [3.05, 3.63) is 58.9 Å². The van der Waals surface area contributed by atoms with E-state index in [9.17, 15) is 18.0 Å². The fraction of sp³-hybridized carbons (Fsp3) is 0.429. The fourth-order valence-electron chi connectivity index (χ4n) is 4.19. The first kappa shape index (κ1) is 20.9. The lowest BCUT2D eigenvalue weighted by molar-refractivity contribution is -0.137. The highest BCUT2D eigenvalue weighted by atomic mass is 35.5. The van der Waals surface area contributed by atoms with Gasteiger partial charge in [-0.15, -0.1) is 0 Å². The molecule has 2 fully saturated rings. The van der Waals surface area contributed by atoms with E-state index in [1.165, 1.54) is 6.07 Å². The molecule has 1 N–H and O–H groups in total. The summed E-state index contributed by atoms with van der Waals surface area (Å²) in [7, 11) is 0. The van der Waals surface area contributed by atoms with Gasteiger partial charge in [0.05, 0.1) is 22.5 Å². The molecule has 0 bridgehead atoms. The number of carbonyl (C=O) groups is 1. The Balaban J connectivity index is 1.28. The minimum absolute atomic E-state index is 0.111. The van der Waals surface area contributed by atoms with Crippen molar-refractivity contribution >= 4 is 23.3 Å². The number of nitrogens with zero attached hydrogens (tertiary/aromatic N) is 3. The van der Waals surface area contributed by atoms with Crippen LogP contribution < -0.4 is 5.32 Å². The Kier molecular flexibility index (Phi) is 5.63. The molecule has 0 aliphatic carbocycles. The molecule has 0 radical (unpaired) electrons. The number of urea groups is 1. The summed E-state index contributed by atoms with van der Waals surface area (Å²) in [4.78, 5) is 20.3. The molecular weight excluding hydrogens is 417 g/mol. The lowest BCUT2D eigenvalue weighted by Crippen LogP contribution is -2.62. The quantitative estimate of drug-likeness (QED) is 0.742. The number of pyridine rings is 1. The number of nitrogens with one attached hydrogen (secondary N) is 1. The summed E-state index contributed by atoms with van der Waals surface area (Å²) in [6.45, 7) is 3.45. The highest BCUT2D eigenvalue weighted by Gasteiger charge is 2.46. The molecule has 2 aliphatic heterocycles. The number of anilines is 1. The molecule has 0 saturated carbocycles. The zero-order chi connectivity index (χ0) is 21.4. The Morgan fingerprint density at radius 1 is 1.20 bits per heavy atom. The SMILES string of the molecule is O=C(Nc1cccnc1)N1CC2(CCN(Cc3ccc(Cl)c(C(F)(F)F)c3)CC2)C1. The standard InChI is InChI=1S/C21H22ClF3N4O/c22-18-4-3-15(10-17(18)21(23,24)25)12-28-8-5-20(6-9-28)13-29(14-20)19(30)27-16-2-1-7-26-11-16/h1-4,7,10-11H,5-6,8-9,12-14H2,(H,27,30). The molecule has 3 heterocycles. The number of hydrogen-bond acceptors (Lipinski definition) is 3. The van der Waals surface area contributed by atoms with Gasteiger partial charge in [0.25, 0.3) is 0 Å². The number of piperidine rings is 1. The van der Waals surface area contributed by atoms with Gasteiger partial charge in [0.2, 0.25) is 0 Å². The number of alkyl halides is 3. The number of carbonyl (C=O) groups excluding carboxylic acids is 1. The largest absolute Gasteiger partial charge is 0.417 e. The molecule has 1 spiro atoms. The van der Waals surface area contributed by atoms with Crippen LogP contribution in [-0.2, 0) is 12.7 Å². The summed E-state index contributed by atoms with van der Waals surface area (Å²) in [6, 6.07) is 7.53. The van der Waals surface area contributed by atoms with Crippen molar-refractivity contribution in [3.8, 4) is 0 Å². The number of amides is 2. The zero-order valence-electron chi connectivity index (χ0n) is 16.3. The second kappa shape index (κ2) is 8.07. The van der Waals surface area contributed by atoms with E-state index in [1.807, 2.05) is 0 Å². The molecule has 0 atom stereocenters. The Bertz CT molecular complexity index is 906. The molecule has 2 aromatic rings. The summed E-state index contributed by atoms with van der Waals surface area (Å²) in [5, 5.41) is 2.57. The normalized spacial score (nSPS) is 18.9. The molecule has 4 rings (SSSR count). The molecule has 2 aliphatic rings. The smallest absolute Gasteiger partial charge is 0.323 e. The summed E-state index contributed by atoms with van der Waals surface area (Å²) >= 11 is 5.70. The van der Waals surface area contributed by atoms with Gasteiger partial charge >= 0.3 is 12.2 Å². The summed E-state index contributed by atoms with van der Waals surface area (Å²) in [5.41, 5.74) is 0.595. The van der Waals surface area contributed by atoms with E-state index in [4.69, 9.17) is 11.6 Å². The van der Waals surface area contributed by atoms with Gasteiger partial charge in [-0.3, -0.25) is 9.88 Å². The van der Waals surface area contributed by atoms with Crippen molar-refractivity contribution in [2.45, 2.75) is 25.6 Å². The van der Waals surface area contributed by atoms with E-state index in [2.05, 4.69) is 15.2 Å². The predicted octanol–water partition coefficient (Wildman–Crippen LogP) is 4.88. The molecule has 9 heteroatoms. The number of aromatic nitrogens is 1. The third kappa shape index (κ3) is 4.54. The average molecular weight is 439 g/mol. The first-order chi connectivity index (χ1) is 14.2. The van der Waals surface area contributed by atoms with Gasteiger partial charge in [-0.05, 0) is 55.8 Å². The predicted molar refractivity (Wildman–Crippen MR) is 108 cm³/mol. The number of likely N-dealkylation sites (tertiary alicyclic amines) is 2. The van der Waals surface area contributed by atoms with E-state index in [0.29, 0.717) is 30.9 Å². The van der Waals surface area contributed by atoms with Crippen LogP contribution in [0.1, 0.15) is 24.0 Å². The maximum absolute atomic E-state index is 13.1. The van der Waals surface area contributed by atoms with Gasteiger partial charge in [-0.25, -0.2) is 4.79 Å². The van der Waals surface area contributed by atoms with Crippen LogP contribution in [0.2, 0.25) is 5.02 Å². The van der Waals surface area contributed by atoms with Gasteiger partial charge < -0.3 is 10.2 Å². The van der Waals surface area contributed by atoms with Gasteiger partial charge in [0.15, 0.2) is 0 Å². The van der Waals surface area contributed by atoms with Crippen molar-refractivity contribution in [2.75, 3.05) is 31.5 Å². The van der Waals surface area contributed by atoms with Crippen LogP contribution in [0.5, 0.6) is 0 Å². The number of hydrogen-bond donors (Lipinski definition) is 1. The molecule has 1 aromatic carbocycles. The average Bonchev–Trinajstić information content (AvgIpc) is 2.68. The molecule has 2 saturated heterocycles. The molecule has 5 nitrogen and oxygen atoms in total. The highest BCUT2D eigenvalue weighted by Crippen LogP contribution is 2.41. The summed E-state index contributed by atoms with van der Waals surface area (Å²) < 4.78 is 39.2. The van der Waals surface area contributed by atoms with Crippen LogP contribution in [0.4, 0.5) is 23.7 Å². The summed E-state index contributed by atoms with van der Waals surface area (Å²) in [5.74, 6) is 0. The third-order valence-electron chi connectivity index (χ3n) is 5.91. The van der Waals surface area contributed by atoms with Crippen LogP contribution in [0, 0.1) is 5.41 Å². The first-order valence-electron chi connectivity index (χ1n) is 9.78. The maximum atomic E-state index is 13.1. The molecule has 1 aromatic heterocycles. The van der Waals surface area contributed by atoms with Crippen molar-refractivity contribution in [3.63, 3.8) is 0 Å². The first-order valence-corrected chi connectivity index (χ1v) is 10.2.